The van der Waals surface area contributed by atoms with E-state index in [0.717, 1.165) is 24.0 Å². The van der Waals surface area contributed by atoms with E-state index in [-0.39, 0.29) is 6.04 Å². The van der Waals surface area contributed by atoms with Crippen molar-refractivity contribution < 1.29 is 0 Å². The molecule has 1 aliphatic heterocycles. The van der Waals surface area contributed by atoms with Crippen molar-refractivity contribution in [1.82, 2.24) is 0 Å². The summed E-state index contributed by atoms with van der Waals surface area (Å²) in [6.45, 7) is 4.11. The van der Waals surface area contributed by atoms with E-state index in [1.165, 1.54) is 16.8 Å². The topological polar surface area (TPSA) is 29.3 Å². The molecule has 4 heteroatoms. The van der Waals surface area contributed by atoms with Gasteiger partial charge >= 0.3 is 0 Å². The molecule has 3 rings (SSSR count). The van der Waals surface area contributed by atoms with Crippen LogP contribution >= 0.6 is 27.3 Å². The SMILES string of the molecule is C[C@@H](N)c1ccc(N2CCc3sccc3C2)c(Br)c1. The second-order valence-corrected chi connectivity index (χ2v) is 6.90. The minimum atomic E-state index is 0.0789. The lowest BCUT2D eigenvalue weighted by Crippen LogP contribution is -2.29. The van der Waals surface area contributed by atoms with Gasteiger partial charge in [0.15, 0.2) is 0 Å². The molecular weight excluding hydrogens is 320 g/mol. The molecule has 0 bridgehead atoms. The standard InChI is InChI=1S/C15H17BrN2S/c1-10(17)11-2-3-14(13(16)8-11)18-6-4-15-12(9-18)5-7-19-15/h2-3,5,7-8,10H,4,6,9,17H2,1H3/t10-/m1/s1. The first-order valence-electron chi connectivity index (χ1n) is 6.50. The van der Waals surface area contributed by atoms with Crippen LogP contribution in [0, 0.1) is 0 Å². The van der Waals surface area contributed by atoms with Crippen molar-refractivity contribution in [3.05, 3.63) is 50.1 Å². The fourth-order valence-electron chi connectivity index (χ4n) is 2.52. The Hall–Kier alpha value is -0.840. The van der Waals surface area contributed by atoms with Crippen molar-refractivity contribution in [3.8, 4) is 0 Å². The van der Waals surface area contributed by atoms with E-state index in [1.807, 2.05) is 18.3 Å². The van der Waals surface area contributed by atoms with Crippen molar-refractivity contribution in [2.75, 3.05) is 11.4 Å². The van der Waals surface area contributed by atoms with Crippen LogP contribution in [0.5, 0.6) is 0 Å². The number of nitrogens with zero attached hydrogens (tertiary/aromatic N) is 1. The maximum atomic E-state index is 5.93. The zero-order chi connectivity index (χ0) is 13.4. The Morgan fingerprint density at radius 2 is 2.21 bits per heavy atom. The number of fused-ring (bicyclic) bond motifs is 1. The second kappa shape index (κ2) is 5.27. The number of anilines is 1. The summed E-state index contributed by atoms with van der Waals surface area (Å²) in [5.41, 5.74) is 9.83. The molecule has 2 aromatic rings. The van der Waals surface area contributed by atoms with Gasteiger partial charge in [0.25, 0.3) is 0 Å². The van der Waals surface area contributed by atoms with Gasteiger partial charge in [-0.25, -0.2) is 0 Å². The zero-order valence-corrected chi connectivity index (χ0v) is 13.3. The molecule has 0 spiro atoms. The first kappa shape index (κ1) is 13.2. The third-order valence-corrected chi connectivity index (χ3v) is 5.30. The summed E-state index contributed by atoms with van der Waals surface area (Å²) in [4.78, 5) is 3.98. The molecule has 19 heavy (non-hydrogen) atoms. The minimum absolute atomic E-state index is 0.0789. The highest BCUT2D eigenvalue weighted by molar-refractivity contribution is 9.10. The van der Waals surface area contributed by atoms with Crippen molar-refractivity contribution in [2.45, 2.75) is 25.9 Å². The van der Waals surface area contributed by atoms with Crippen molar-refractivity contribution in [2.24, 2.45) is 5.73 Å². The maximum Gasteiger partial charge on any atom is 0.0514 e. The average molecular weight is 337 g/mol. The first-order chi connectivity index (χ1) is 9.15. The predicted molar refractivity (Wildman–Crippen MR) is 85.8 cm³/mol. The third-order valence-electron chi connectivity index (χ3n) is 3.65. The third kappa shape index (κ3) is 2.57. The first-order valence-corrected chi connectivity index (χ1v) is 8.17. The van der Waals surface area contributed by atoms with Crippen LogP contribution < -0.4 is 10.6 Å². The number of rotatable bonds is 2. The van der Waals surface area contributed by atoms with Gasteiger partial charge in [-0.05, 0) is 64.0 Å². The van der Waals surface area contributed by atoms with E-state index in [4.69, 9.17) is 5.73 Å². The monoisotopic (exact) mass is 336 g/mol. The Kier molecular flexibility index (Phi) is 3.65. The molecule has 100 valence electrons. The fraction of sp³-hybridized carbons (Fsp3) is 0.333. The summed E-state index contributed by atoms with van der Waals surface area (Å²) in [5.74, 6) is 0. The largest absolute Gasteiger partial charge is 0.366 e. The van der Waals surface area contributed by atoms with Gasteiger partial charge in [-0.2, -0.15) is 0 Å². The highest BCUT2D eigenvalue weighted by Crippen LogP contribution is 2.33. The second-order valence-electron chi connectivity index (χ2n) is 5.04. The lowest BCUT2D eigenvalue weighted by atomic mass is 10.1. The summed E-state index contributed by atoms with van der Waals surface area (Å²) in [6.07, 6.45) is 1.15. The average Bonchev–Trinajstić information content (AvgIpc) is 2.85. The smallest absolute Gasteiger partial charge is 0.0514 e. The highest BCUT2D eigenvalue weighted by Gasteiger charge is 2.19. The molecule has 0 unspecified atom stereocenters. The molecular formula is C15H17BrN2S. The van der Waals surface area contributed by atoms with E-state index >= 15 is 0 Å². The van der Waals surface area contributed by atoms with Gasteiger partial charge in [0.1, 0.15) is 0 Å². The number of benzene rings is 1. The van der Waals surface area contributed by atoms with E-state index in [1.54, 1.807) is 4.88 Å². The van der Waals surface area contributed by atoms with Crippen LogP contribution in [0.4, 0.5) is 5.69 Å². The van der Waals surface area contributed by atoms with Gasteiger partial charge in [0.2, 0.25) is 0 Å². The molecule has 1 atom stereocenters. The van der Waals surface area contributed by atoms with Crippen LogP contribution in [0.3, 0.4) is 0 Å². The van der Waals surface area contributed by atoms with E-state index in [0.29, 0.717) is 0 Å². The summed E-state index contributed by atoms with van der Waals surface area (Å²) >= 11 is 5.57. The van der Waals surface area contributed by atoms with Crippen LogP contribution in [0.25, 0.3) is 0 Å². The molecule has 2 N–H and O–H groups in total. The number of nitrogens with two attached hydrogens (primary N) is 1. The Morgan fingerprint density at radius 1 is 1.37 bits per heavy atom. The lowest BCUT2D eigenvalue weighted by Gasteiger charge is -2.30. The van der Waals surface area contributed by atoms with Crippen molar-refractivity contribution in [1.29, 1.82) is 0 Å². The van der Waals surface area contributed by atoms with Gasteiger partial charge < -0.3 is 10.6 Å². The Balaban J connectivity index is 1.88. The van der Waals surface area contributed by atoms with Gasteiger partial charge in [0.05, 0.1) is 5.69 Å². The Bertz CT molecular complexity index is 592. The van der Waals surface area contributed by atoms with E-state index in [2.05, 4.69) is 50.5 Å². The summed E-state index contributed by atoms with van der Waals surface area (Å²) < 4.78 is 1.14. The molecule has 0 aliphatic carbocycles. The number of thiophene rings is 1. The van der Waals surface area contributed by atoms with Crippen LogP contribution in [-0.4, -0.2) is 6.54 Å². The van der Waals surface area contributed by atoms with Gasteiger partial charge in [-0.1, -0.05) is 6.07 Å². The number of hydrogen-bond donors (Lipinski definition) is 1. The van der Waals surface area contributed by atoms with Gasteiger partial charge in [-0.3, -0.25) is 0 Å². The molecule has 0 fully saturated rings. The molecule has 0 amide bonds. The molecule has 2 heterocycles. The van der Waals surface area contributed by atoms with Gasteiger partial charge in [0, 0.05) is 28.5 Å². The zero-order valence-electron chi connectivity index (χ0n) is 10.9. The van der Waals surface area contributed by atoms with Crippen LogP contribution in [0.1, 0.15) is 29.0 Å². The fourth-order valence-corrected chi connectivity index (χ4v) is 4.05. The molecule has 0 radical (unpaired) electrons. The highest BCUT2D eigenvalue weighted by atomic mass is 79.9. The lowest BCUT2D eigenvalue weighted by molar-refractivity contribution is 0.740. The summed E-state index contributed by atoms with van der Waals surface area (Å²) in [6, 6.07) is 8.78. The van der Waals surface area contributed by atoms with Crippen LogP contribution in [0.2, 0.25) is 0 Å². The number of hydrogen-bond acceptors (Lipinski definition) is 3. The molecule has 0 saturated carbocycles. The molecule has 1 aromatic heterocycles. The van der Waals surface area contributed by atoms with Crippen LogP contribution in [-0.2, 0) is 13.0 Å². The van der Waals surface area contributed by atoms with Gasteiger partial charge in [-0.15, -0.1) is 11.3 Å². The Labute approximate surface area is 126 Å². The molecule has 1 aromatic carbocycles. The molecule has 1 aliphatic rings. The summed E-state index contributed by atoms with van der Waals surface area (Å²) in [5, 5.41) is 2.20. The predicted octanol–water partition coefficient (Wildman–Crippen LogP) is 4.09. The molecule has 0 saturated heterocycles. The Morgan fingerprint density at radius 3 is 2.95 bits per heavy atom. The normalized spacial score (nSPS) is 16.3. The molecule has 2 nitrogen and oxygen atoms in total. The minimum Gasteiger partial charge on any atom is -0.366 e. The summed E-state index contributed by atoms with van der Waals surface area (Å²) in [7, 11) is 0. The number of halogens is 1. The quantitative estimate of drug-likeness (QED) is 0.894. The maximum absolute atomic E-state index is 5.93. The van der Waals surface area contributed by atoms with E-state index < -0.39 is 0 Å². The van der Waals surface area contributed by atoms with Crippen molar-refractivity contribution in [3.63, 3.8) is 0 Å². The van der Waals surface area contributed by atoms with Crippen molar-refractivity contribution >= 4 is 33.0 Å². The van der Waals surface area contributed by atoms with E-state index in [9.17, 15) is 0 Å². The van der Waals surface area contributed by atoms with Crippen LogP contribution in [0.15, 0.2) is 34.1 Å².